The molecule has 1 saturated heterocycles. The van der Waals surface area contributed by atoms with Crippen LogP contribution in [-0.4, -0.2) is 42.2 Å². The molecule has 1 N–H and O–H groups in total. The zero-order valence-corrected chi connectivity index (χ0v) is 9.29. The number of anilines is 1. The van der Waals surface area contributed by atoms with Crippen molar-refractivity contribution in [3.05, 3.63) is 24.5 Å². The smallest absolute Gasteiger partial charge is 0.324 e. The molecule has 0 saturated carbocycles. The highest BCUT2D eigenvalue weighted by Gasteiger charge is 2.54. The maximum absolute atomic E-state index is 12.1. The zero-order chi connectivity index (χ0) is 12.5. The quantitative estimate of drug-likeness (QED) is 0.755. The van der Waals surface area contributed by atoms with Gasteiger partial charge in [-0.3, -0.25) is 14.6 Å². The molecule has 1 amide bonds. The van der Waals surface area contributed by atoms with Crippen LogP contribution in [0.25, 0.3) is 0 Å². The minimum Gasteiger partial charge on any atom is -0.480 e. The van der Waals surface area contributed by atoms with Gasteiger partial charge < -0.3 is 14.7 Å². The fourth-order valence-corrected chi connectivity index (χ4v) is 1.64. The molecule has 0 aromatic carbocycles. The first-order valence-electron chi connectivity index (χ1n) is 5.07. The molecule has 6 heteroatoms. The monoisotopic (exact) mass is 236 g/mol. The van der Waals surface area contributed by atoms with E-state index in [-0.39, 0.29) is 13.2 Å². The number of rotatable bonds is 3. The summed E-state index contributed by atoms with van der Waals surface area (Å²) in [4.78, 5) is 28.4. The predicted octanol–water partition coefficient (Wildman–Crippen LogP) is 0.146. The van der Waals surface area contributed by atoms with E-state index in [0.29, 0.717) is 5.69 Å². The van der Waals surface area contributed by atoms with Gasteiger partial charge in [0, 0.05) is 13.2 Å². The maximum atomic E-state index is 12.1. The van der Waals surface area contributed by atoms with Crippen molar-refractivity contribution in [2.45, 2.75) is 0 Å². The Bertz CT molecular complexity index is 442. The molecule has 1 aromatic heterocycles. The van der Waals surface area contributed by atoms with Crippen molar-refractivity contribution in [3.8, 4) is 0 Å². The fraction of sp³-hybridized carbons (Fsp3) is 0.364. The molecule has 0 unspecified atom stereocenters. The minimum atomic E-state index is -1.44. The summed E-state index contributed by atoms with van der Waals surface area (Å²) in [7, 11) is 1.53. The van der Waals surface area contributed by atoms with Crippen LogP contribution in [0.15, 0.2) is 24.5 Å². The van der Waals surface area contributed by atoms with Crippen LogP contribution in [0, 0.1) is 5.41 Å². The molecular formula is C11H12N2O4. The molecule has 0 spiro atoms. The van der Waals surface area contributed by atoms with Crippen LogP contribution in [0.2, 0.25) is 0 Å². The summed E-state index contributed by atoms with van der Waals surface area (Å²) in [6.45, 7) is -0.155. The SMILES string of the molecule is CN(C(=O)C1(C(=O)O)COC1)c1cccnc1. The van der Waals surface area contributed by atoms with Gasteiger partial charge in [0.25, 0.3) is 0 Å². The molecular weight excluding hydrogens is 224 g/mol. The van der Waals surface area contributed by atoms with Gasteiger partial charge in [0.05, 0.1) is 25.1 Å². The second-order valence-electron chi connectivity index (χ2n) is 3.96. The number of ether oxygens (including phenoxy) is 1. The van der Waals surface area contributed by atoms with E-state index in [4.69, 9.17) is 9.84 Å². The molecule has 0 bridgehead atoms. The second-order valence-corrected chi connectivity index (χ2v) is 3.96. The molecule has 1 aliphatic heterocycles. The number of carboxylic acids is 1. The van der Waals surface area contributed by atoms with Crippen molar-refractivity contribution in [1.29, 1.82) is 0 Å². The summed E-state index contributed by atoms with van der Waals surface area (Å²) in [5, 5.41) is 9.11. The van der Waals surface area contributed by atoms with Gasteiger partial charge in [-0.2, -0.15) is 0 Å². The molecule has 0 atom stereocenters. The number of hydrogen-bond acceptors (Lipinski definition) is 4. The number of amides is 1. The Hall–Kier alpha value is -1.95. The Morgan fingerprint density at radius 3 is 2.65 bits per heavy atom. The van der Waals surface area contributed by atoms with Crippen LogP contribution < -0.4 is 4.90 Å². The lowest BCUT2D eigenvalue weighted by Gasteiger charge is -2.38. The summed E-state index contributed by atoms with van der Waals surface area (Å²) in [6, 6.07) is 3.38. The number of carboxylic acid groups (broad SMARTS) is 1. The standard InChI is InChI=1S/C11H12N2O4/c1-13(8-3-2-4-12-5-8)9(14)11(10(15)16)6-17-7-11/h2-5H,6-7H2,1H3,(H,15,16). The Kier molecular flexibility index (Phi) is 2.81. The molecule has 2 heterocycles. The van der Waals surface area contributed by atoms with Gasteiger partial charge in [-0.25, -0.2) is 0 Å². The van der Waals surface area contributed by atoms with Crippen molar-refractivity contribution in [3.63, 3.8) is 0 Å². The summed E-state index contributed by atoms with van der Waals surface area (Å²) in [6.07, 6.45) is 3.09. The van der Waals surface area contributed by atoms with Gasteiger partial charge in [-0.15, -0.1) is 0 Å². The zero-order valence-electron chi connectivity index (χ0n) is 9.29. The largest absolute Gasteiger partial charge is 0.480 e. The molecule has 90 valence electrons. The van der Waals surface area contributed by atoms with E-state index < -0.39 is 17.3 Å². The number of hydrogen-bond donors (Lipinski definition) is 1. The lowest BCUT2D eigenvalue weighted by Crippen LogP contribution is -2.59. The molecule has 17 heavy (non-hydrogen) atoms. The first-order chi connectivity index (χ1) is 8.08. The van der Waals surface area contributed by atoms with Crippen LogP contribution in [0.5, 0.6) is 0 Å². The number of carbonyl (C=O) groups excluding carboxylic acids is 1. The predicted molar refractivity (Wildman–Crippen MR) is 58.5 cm³/mol. The highest BCUT2D eigenvalue weighted by Crippen LogP contribution is 2.31. The van der Waals surface area contributed by atoms with Gasteiger partial charge in [-0.1, -0.05) is 0 Å². The number of nitrogens with zero attached hydrogens (tertiary/aromatic N) is 2. The van der Waals surface area contributed by atoms with Crippen molar-refractivity contribution >= 4 is 17.6 Å². The van der Waals surface area contributed by atoms with E-state index in [1.54, 1.807) is 18.3 Å². The molecule has 2 rings (SSSR count). The topological polar surface area (TPSA) is 79.7 Å². The van der Waals surface area contributed by atoms with Gasteiger partial charge in [0.1, 0.15) is 0 Å². The maximum Gasteiger partial charge on any atom is 0.324 e. The number of carbonyl (C=O) groups is 2. The van der Waals surface area contributed by atoms with Crippen LogP contribution in [-0.2, 0) is 14.3 Å². The fourth-order valence-electron chi connectivity index (χ4n) is 1.64. The third-order valence-corrected chi connectivity index (χ3v) is 2.85. The van der Waals surface area contributed by atoms with Crippen LogP contribution in [0.4, 0.5) is 5.69 Å². The first-order valence-corrected chi connectivity index (χ1v) is 5.07. The summed E-state index contributed by atoms with van der Waals surface area (Å²) < 4.78 is 4.86. The third-order valence-electron chi connectivity index (χ3n) is 2.85. The molecule has 0 aliphatic carbocycles. The lowest BCUT2D eigenvalue weighted by atomic mass is 9.84. The first kappa shape index (κ1) is 11.5. The minimum absolute atomic E-state index is 0.0776. The Morgan fingerprint density at radius 1 is 1.53 bits per heavy atom. The average Bonchev–Trinajstić information content (AvgIpc) is 2.27. The highest BCUT2D eigenvalue weighted by atomic mass is 16.5. The van der Waals surface area contributed by atoms with E-state index in [1.165, 1.54) is 18.1 Å². The van der Waals surface area contributed by atoms with Crippen molar-refractivity contribution < 1.29 is 19.4 Å². The Labute approximate surface area is 97.8 Å². The van der Waals surface area contributed by atoms with Crippen molar-refractivity contribution in [1.82, 2.24) is 4.98 Å². The average molecular weight is 236 g/mol. The number of aliphatic carboxylic acids is 1. The lowest BCUT2D eigenvalue weighted by molar-refractivity contribution is -0.183. The van der Waals surface area contributed by atoms with Crippen molar-refractivity contribution in [2.75, 3.05) is 25.2 Å². The molecule has 1 aliphatic rings. The second kappa shape index (κ2) is 4.14. The molecule has 1 aromatic rings. The van der Waals surface area contributed by atoms with Gasteiger partial charge in [0.2, 0.25) is 5.91 Å². The highest BCUT2D eigenvalue weighted by molar-refractivity contribution is 6.10. The van der Waals surface area contributed by atoms with E-state index in [2.05, 4.69) is 4.98 Å². The van der Waals surface area contributed by atoms with Crippen LogP contribution in [0.3, 0.4) is 0 Å². The summed E-state index contributed by atoms with van der Waals surface area (Å²) in [5.74, 6) is -1.63. The van der Waals surface area contributed by atoms with Gasteiger partial charge in [0.15, 0.2) is 5.41 Å². The number of pyridine rings is 1. The van der Waals surface area contributed by atoms with E-state index in [1.807, 2.05) is 0 Å². The van der Waals surface area contributed by atoms with E-state index >= 15 is 0 Å². The Morgan fingerprint density at radius 2 is 2.24 bits per heavy atom. The summed E-state index contributed by atoms with van der Waals surface area (Å²) in [5.41, 5.74) is -0.880. The Balaban J connectivity index is 2.23. The third kappa shape index (κ3) is 1.76. The molecule has 6 nitrogen and oxygen atoms in total. The van der Waals surface area contributed by atoms with E-state index in [0.717, 1.165) is 0 Å². The normalized spacial score (nSPS) is 17.0. The molecule has 0 radical (unpaired) electrons. The van der Waals surface area contributed by atoms with Gasteiger partial charge in [-0.05, 0) is 12.1 Å². The summed E-state index contributed by atoms with van der Waals surface area (Å²) >= 11 is 0. The van der Waals surface area contributed by atoms with Crippen LogP contribution >= 0.6 is 0 Å². The van der Waals surface area contributed by atoms with E-state index in [9.17, 15) is 9.59 Å². The van der Waals surface area contributed by atoms with Gasteiger partial charge >= 0.3 is 5.97 Å². The molecule has 1 fully saturated rings. The van der Waals surface area contributed by atoms with Crippen LogP contribution in [0.1, 0.15) is 0 Å². The van der Waals surface area contributed by atoms with Crippen molar-refractivity contribution in [2.24, 2.45) is 5.41 Å². The number of aromatic nitrogens is 1.